The van der Waals surface area contributed by atoms with Crippen LogP contribution in [0.3, 0.4) is 0 Å². The highest BCUT2D eigenvalue weighted by Gasteiger charge is 2.11. The number of carbonyl (C=O) groups excluding carboxylic acids is 2. The minimum atomic E-state index is -0.0974. The van der Waals surface area contributed by atoms with E-state index in [0.29, 0.717) is 17.2 Å². The number of anilines is 2. The van der Waals surface area contributed by atoms with E-state index in [2.05, 4.69) is 15.6 Å². The van der Waals surface area contributed by atoms with Gasteiger partial charge < -0.3 is 10.6 Å². The van der Waals surface area contributed by atoms with Crippen LogP contribution in [0.2, 0.25) is 0 Å². The lowest BCUT2D eigenvalue weighted by atomic mass is 10.1. The van der Waals surface area contributed by atoms with Gasteiger partial charge in [-0.2, -0.15) is 0 Å². The van der Waals surface area contributed by atoms with Crippen molar-refractivity contribution in [2.45, 2.75) is 20.3 Å². The fourth-order valence-corrected chi connectivity index (χ4v) is 3.14. The SMILES string of the molecule is CC(C)C(=O)Nc1nc2cc(NC(=O)Cc3ccccc3)ccc2s1. The van der Waals surface area contributed by atoms with E-state index in [-0.39, 0.29) is 17.7 Å². The minimum absolute atomic E-state index is 0.0598. The van der Waals surface area contributed by atoms with Gasteiger partial charge in [-0.25, -0.2) is 4.98 Å². The Labute approximate surface area is 150 Å². The summed E-state index contributed by atoms with van der Waals surface area (Å²) >= 11 is 1.42. The summed E-state index contributed by atoms with van der Waals surface area (Å²) in [5.74, 6) is -0.232. The van der Waals surface area contributed by atoms with Crippen molar-refractivity contribution in [2.75, 3.05) is 10.6 Å². The van der Waals surface area contributed by atoms with Crippen LogP contribution in [0, 0.1) is 5.92 Å². The van der Waals surface area contributed by atoms with E-state index >= 15 is 0 Å². The number of thiazole rings is 1. The first-order chi connectivity index (χ1) is 12.0. The van der Waals surface area contributed by atoms with Crippen molar-refractivity contribution in [3.8, 4) is 0 Å². The first-order valence-corrected chi connectivity index (χ1v) is 8.88. The molecule has 5 nitrogen and oxygen atoms in total. The maximum atomic E-state index is 12.2. The number of carbonyl (C=O) groups is 2. The van der Waals surface area contributed by atoms with E-state index < -0.39 is 0 Å². The van der Waals surface area contributed by atoms with Gasteiger partial charge >= 0.3 is 0 Å². The standard InChI is InChI=1S/C19H19N3O2S/c1-12(2)18(24)22-19-21-15-11-14(8-9-16(15)25-19)20-17(23)10-13-6-4-3-5-7-13/h3-9,11-12H,10H2,1-2H3,(H,20,23)(H,21,22,24). The molecule has 0 bridgehead atoms. The van der Waals surface area contributed by atoms with Gasteiger partial charge in [-0.15, -0.1) is 0 Å². The van der Waals surface area contributed by atoms with Gasteiger partial charge in [0.1, 0.15) is 0 Å². The number of rotatable bonds is 5. The predicted octanol–water partition coefficient (Wildman–Crippen LogP) is 4.07. The summed E-state index contributed by atoms with van der Waals surface area (Å²) in [5, 5.41) is 6.26. The monoisotopic (exact) mass is 353 g/mol. The molecule has 1 heterocycles. The zero-order valence-corrected chi connectivity index (χ0v) is 14.9. The molecule has 0 unspecified atom stereocenters. The van der Waals surface area contributed by atoms with Gasteiger partial charge in [-0.1, -0.05) is 55.5 Å². The van der Waals surface area contributed by atoms with Crippen molar-refractivity contribution in [3.63, 3.8) is 0 Å². The normalized spacial score (nSPS) is 10.8. The van der Waals surface area contributed by atoms with Crippen LogP contribution < -0.4 is 10.6 Å². The van der Waals surface area contributed by atoms with Crippen LogP contribution in [-0.4, -0.2) is 16.8 Å². The molecule has 2 aromatic carbocycles. The second kappa shape index (κ2) is 7.44. The Morgan fingerprint density at radius 3 is 2.56 bits per heavy atom. The summed E-state index contributed by atoms with van der Waals surface area (Å²) in [6.45, 7) is 3.67. The highest BCUT2D eigenvalue weighted by molar-refractivity contribution is 7.22. The maximum absolute atomic E-state index is 12.2. The fourth-order valence-electron chi connectivity index (χ4n) is 2.29. The van der Waals surface area contributed by atoms with Crippen molar-refractivity contribution in [3.05, 3.63) is 54.1 Å². The molecule has 2 N–H and O–H groups in total. The third-order valence-electron chi connectivity index (χ3n) is 3.63. The number of benzene rings is 2. The van der Waals surface area contributed by atoms with Gasteiger partial charge in [-0.05, 0) is 23.8 Å². The van der Waals surface area contributed by atoms with Crippen molar-refractivity contribution < 1.29 is 9.59 Å². The predicted molar refractivity (Wildman–Crippen MR) is 102 cm³/mol. The zero-order chi connectivity index (χ0) is 17.8. The van der Waals surface area contributed by atoms with Crippen LogP contribution in [0.25, 0.3) is 10.2 Å². The van der Waals surface area contributed by atoms with Gasteiger partial charge in [0.25, 0.3) is 0 Å². The summed E-state index contributed by atoms with van der Waals surface area (Å²) in [5.41, 5.74) is 2.41. The number of aromatic nitrogens is 1. The van der Waals surface area contributed by atoms with E-state index in [1.807, 2.05) is 62.4 Å². The van der Waals surface area contributed by atoms with Crippen LogP contribution in [0.1, 0.15) is 19.4 Å². The van der Waals surface area contributed by atoms with Crippen LogP contribution in [0.5, 0.6) is 0 Å². The molecule has 0 saturated carbocycles. The lowest BCUT2D eigenvalue weighted by Crippen LogP contribution is -2.17. The average Bonchev–Trinajstić information content (AvgIpc) is 2.97. The first-order valence-electron chi connectivity index (χ1n) is 8.06. The molecule has 3 rings (SSSR count). The quantitative estimate of drug-likeness (QED) is 0.726. The Kier molecular flexibility index (Phi) is 5.09. The van der Waals surface area contributed by atoms with Crippen LogP contribution in [-0.2, 0) is 16.0 Å². The molecule has 6 heteroatoms. The molecule has 25 heavy (non-hydrogen) atoms. The third-order valence-corrected chi connectivity index (χ3v) is 4.59. The molecule has 0 aliphatic heterocycles. The number of nitrogens with one attached hydrogen (secondary N) is 2. The van der Waals surface area contributed by atoms with Crippen LogP contribution >= 0.6 is 11.3 Å². The zero-order valence-electron chi connectivity index (χ0n) is 14.1. The molecular weight excluding hydrogens is 334 g/mol. The molecule has 0 radical (unpaired) electrons. The van der Waals surface area contributed by atoms with E-state index in [1.54, 1.807) is 0 Å². The van der Waals surface area contributed by atoms with Crippen molar-refractivity contribution in [2.24, 2.45) is 5.92 Å². The van der Waals surface area contributed by atoms with E-state index in [9.17, 15) is 9.59 Å². The highest BCUT2D eigenvalue weighted by Crippen LogP contribution is 2.28. The molecule has 0 atom stereocenters. The Morgan fingerprint density at radius 2 is 1.84 bits per heavy atom. The molecule has 0 saturated heterocycles. The topological polar surface area (TPSA) is 71.1 Å². The molecular formula is C19H19N3O2S. The summed E-state index contributed by atoms with van der Waals surface area (Å²) in [6.07, 6.45) is 0.325. The van der Waals surface area contributed by atoms with Gasteiger partial charge in [0, 0.05) is 11.6 Å². The largest absolute Gasteiger partial charge is 0.326 e. The van der Waals surface area contributed by atoms with Gasteiger partial charge in [0.2, 0.25) is 11.8 Å². The molecule has 0 fully saturated rings. The smallest absolute Gasteiger partial charge is 0.228 e. The second-order valence-corrected chi connectivity index (χ2v) is 7.09. The van der Waals surface area contributed by atoms with Crippen molar-refractivity contribution in [1.82, 2.24) is 4.98 Å². The van der Waals surface area contributed by atoms with E-state index in [0.717, 1.165) is 15.8 Å². The molecule has 0 aliphatic rings. The highest BCUT2D eigenvalue weighted by atomic mass is 32.1. The fraction of sp³-hybridized carbons (Fsp3) is 0.211. The number of hydrogen-bond acceptors (Lipinski definition) is 4. The van der Waals surface area contributed by atoms with Crippen LogP contribution in [0.4, 0.5) is 10.8 Å². The molecule has 3 aromatic rings. The third kappa shape index (κ3) is 4.42. The first kappa shape index (κ1) is 17.1. The Bertz CT molecular complexity index is 903. The van der Waals surface area contributed by atoms with Crippen LogP contribution in [0.15, 0.2) is 48.5 Å². The molecule has 2 amide bonds. The van der Waals surface area contributed by atoms with E-state index in [4.69, 9.17) is 0 Å². The average molecular weight is 353 g/mol. The van der Waals surface area contributed by atoms with Gasteiger partial charge in [0.05, 0.1) is 16.6 Å². The molecule has 0 spiro atoms. The number of hydrogen-bond donors (Lipinski definition) is 2. The molecule has 0 aliphatic carbocycles. The maximum Gasteiger partial charge on any atom is 0.228 e. The Balaban J connectivity index is 1.70. The second-order valence-electron chi connectivity index (χ2n) is 6.06. The Morgan fingerprint density at radius 1 is 1.08 bits per heavy atom. The Hall–Kier alpha value is -2.73. The number of fused-ring (bicyclic) bond motifs is 1. The number of amides is 2. The summed E-state index contributed by atoms with van der Waals surface area (Å²) < 4.78 is 0.958. The van der Waals surface area contributed by atoms with Gasteiger partial charge in [0.15, 0.2) is 5.13 Å². The minimum Gasteiger partial charge on any atom is -0.326 e. The lowest BCUT2D eigenvalue weighted by molar-refractivity contribution is -0.119. The lowest BCUT2D eigenvalue weighted by Gasteiger charge is -2.05. The van der Waals surface area contributed by atoms with E-state index in [1.165, 1.54) is 11.3 Å². The number of nitrogens with zero attached hydrogens (tertiary/aromatic N) is 1. The molecule has 128 valence electrons. The van der Waals surface area contributed by atoms with Crippen molar-refractivity contribution >= 4 is 44.2 Å². The summed E-state index contributed by atoms with van der Waals surface area (Å²) in [7, 11) is 0. The van der Waals surface area contributed by atoms with Gasteiger partial charge in [-0.3, -0.25) is 9.59 Å². The van der Waals surface area contributed by atoms with Crippen molar-refractivity contribution in [1.29, 1.82) is 0 Å². The summed E-state index contributed by atoms with van der Waals surface area (Å²) in [4.78, 5) is 28.4. The summed E-state index contributed by atoms with van der Waals surface area (Å²) in [6, 6.07) is 15.2. The molecule has 1 aromatic heterocycles.